The van der Waals surface area contributed by atoms with Crippen LogP contribution in [0.4, 0.5) is 4.79 Å². The molecule has 0 radical (unpaired) electrons. The van der Waals surface area contributed by atoms with Crippen LogP contribution in [0, 0.1) is 0 Å². The average Bonchev–Trinajstić information content (AvgIpc) is 3.14. The van der Waals surface area contributed by atoms with Crippen molar-refractivity contribution in [2.75, 3.05) is 40.5 Å². The molecule has 0 aromatic rings. The quantitative estimate of drug-likeness (QED) is 0.0290. The number of carbonyl (C=O) groups is 3. The van der Waals surface area contributed by atoms with Crippen molar-refractivity contribution in [3.05, 3.63) is 48.6 Å². The number of hydrogen-bond acceptors (Lipinski definition) is 7. The van der Waals surface area contributed by atoms with Gasteiger partial charge < -0.3 is 24.4 Å². The number of allylic oxidation sites excluding steroid dienone is 8. The number of hydrogen-bond donors (Lipinski definition) is 1. The van der Waals surface area contributed by atoms with Gasteiger partial charge in [0.05, 0.1) is 32.1 Å². The van der Waals surface area contributed by atoms with Crippen LogP contribution in [-0.2, 0) is 23.8 Å². The number of nitrogens with one attached hydrogen (secondary N) is 1. The van der Waals surface area contributed by atoms with Crippen LogP contribution in [0.3, 0.4) is 0 Å². The molecule has 0 aromatic carbocycles. The van der Waals surface area contributed by atoms with E-state index in [9.17, 15) is 14.4 Å². The highest BCUT2D eigenvalue weighted by molar-refractivity contribution is 5.76. The first-order valence-electron chi connectivity index (χ1n) is 21.9. The van der Waals surface area contributed by atoms with Crippen LogP contribution >= 0.6 is 0 Å². The highest BCUT2D eigenvalue weighted by atomic mass is 16.6. The molecule has 0 spiro atoms. The molecule has 0 saturated heterocycles. The van der Waals surface area contributed by atoms with Crippen molar-refractivity contribution in [3.63, 3.8) is 0 Å². The smallest absolute Gasteiger partial charge is 0.407 e. The van der Waals surface area contributed by atoms with Crippen molar-refractivity contribution in [2.24, 2.45) is 0 Å². The highest BCUT2D eigenvalue weighted by Crippen LogP contribution is 2.11. The van der Waals surface area contributed by atoms with Gasteiger partial charge in [0.15, 0.2) is 0 Å². The van der Waals surface area contributed by atoms with E-state index in [1.54, 1.807) is 0 Å². The summed E-state index contributed by atoms with van der Waals surface area (Å²) in [4.78, 5) is 39.5. The van der Waals surface area contributed by atoms with Crippen molar-refractivity contribution >= 4 is 18.0 Å². The monoisotopic (exact) mass is 759 g/mol. The molecule has 0 aromatic heterocycles. The second-order valence-electron chi connectivity index (χ2n) is 14.8. The van der Waals surface area contributed by atoms with Crippen molar-refractivity contribution < 1.29 is 28.6 Å². The van der Waals surface area contributed by atoms with E-state index in [1.165, 1.54) is 89.9 Å². The Morgan fingerprint density at radius 1 is 0.481 bits per heavy atom. The maximum atomic E-state index is 12.6. The molecule has 0 fully saturated rings. The molecule has 0 rings (SSSR count). The van der Waals surface area contributed by atoms with Gasteiger partial charge in [-0.15, -0.1) is 0 Å². The van der Waals surface area contributed by atoms with Crippen LogP contribution in [-0.4, -0.2) is 69.4 Å². The third-order valence-corrected chi connectivity index (χ3v) is 9.14. The predicted octanol–water partition coefficient (Wildman–Crippen LogP) is 12.1. The minimum Gasteiger partial charge on any atom is -0.466 e. The maximum Gasteiger partial charge on any atom is 0.407 e. The van der Waals surface area contributed by atoms with Crippen LogP contribution in [0.25, 0.3) is 0 Å². The van der Waals surface area contributed by atoms with E-state index in [-0.39, 0.29) is 19.4 Å². The summed E-state index contributed by atoms with van der Waals surface area (Å²) in [5.41, 5.74) is 0. The molecule has 54 heavy (non-hydrogen) atoms. The SMILES string of the molecule is CCCCCC=CCC=CCCCCCCCCOC(=O)CC(CC(=O)OCCCCCCCCC=CCC=CCCCCC)NC(=O)OCCN(C)C. The molecule has 1 amide bonds. The van der Waals surface area contributed by atoms with Gasteiger partial charge in [-0.3, -0.25) is 9.59 Å². The van der Waals surface area contributed by atoms with Gasteiger partial charge in [0, 0.05) is 6.54 Å². The van der Waals surface area contributed by atoms with Gasteiger partial charge in [-0.25, -0.2) is 4.79 Å². The average molecular weight is 759 g/mol. The number of unbranched alkanes of at least 4 members (excludes halogenated alkanes) is 18. The number of nitrogens with zero attached hydrogens (tertiary/aromatic N) is 1. The first-order valence-corrected chi connectivity index (χ1v) is 21.9. The summed E-state index contributed by atoms with van der Waals surface area (Å²) in [6.07, 6.45) is 44.9. The Morgan fingerprint density at radius 3 is 1.24 bits per heavy atom. The number of likely N-dealkylation sites (N-methyl/N-ethyl adjacent to an activating group) is 1. The van der Waals surface area contributed by atoms with Gasteiger partial charge >= 0.3 is 18.0 Å². The maximum absolute atomic E-state index is 12.6. The van der Waals surface area contributed by atoms with Gasteiger partial charge in [0.25, 0.3) is 0 Å². The lowest BCUT2D eigenvalue weighted by molar-refractivity contribution is -0.146. The molecule has 1 N–H and O–H groups in total. The van der Waals surface area contributed by atoms with Gasteiger partial charge in [-0.1, -0.05) is 140 Å². The molecule has 8 heteroatoms. The normalized spacial score (nSPS) is 12.5. The Bertz CT molecular complexity index is 926. The number of esters is 2. The fraction of sp³-hybridized carbons (Fsp3) is 0.761. The summed E-state index contributed by atoms with van der Waals surface area (Å²) in [7, 11) is 3.78. The van der Waals surface area contributed by atoms with Crippen LogP contribution in [0.1, 0.15) is 181 Å². The molecule has 312 valence electrons. The van der Waals surface area contributed by atoms with Crippen LogP contribution in [0.5, 0.6) is 0 Å². The summed E-state index contributed by atoms with van der Waals surface area (Å²) >= 11 is 0. The molecular formula is C46H82N2O6. The Kier molecular flexibility index (Phi) is 39.1. The Balaban J connectivity index is 4.17. The Morgan fingerprint density at radius 2 is 0.852 bits per heavy atom. The minimum atomic E-state index is -0.747. The second-order valence-corrected chi connectivity index (χ2v) is 14.8. The van der Waals surface area contributed by atoms with Gasteiger partial charge in [0.1, 0.15) is 6.61 Å². The largest absolute Gasteiger partial charge is 0.466 e. The van der Waals surface area contributed by atoms with Gasteiger partial charge in [-0.2, -0.15) is 0 Å². The number of carbonyl (C=O) groups excluding carboxylic acids is 3. The lowest BCUT2D eigenvalue weighted by atomic mass is 10.1. The molecule has 0 saturated carbocycles. The van der Waals surface area contributed by atoms with E-state index >= 15 is 0 Å². The Labute approximate surface area is 332 Å². The first-order chi connectivity index (χ1) is 26.4. The molecule has 0 atom stereocenters. The summed E-state index contributed by atoms with van der Waals surface area (Å²) < 4.78 is 16.1. The van der Waals surface area contributed by atoms with E-state index in [0.29, 0.717) is 19.8 Å². The lowest BCUT2D eigenvalue weighted by Gasteiger charge is -2.18. The first kappa shape index (κ1) is 51.1. The van der Waals surface area contributed by atoms with E-state index in [0.717, 1.165) is 64.2 Å². The fourth-order valence-corrected chi connectivity index (χ4v) is 5.78. The standard InChI is InChI=1S/C46H82N2O6/c1-5-7-9-11-13-15-17-19-21-23-25-27-29-31-33-35-38-52-44(49)41-43(47-46(51)54-40-37-48(3)4)42-45(50)53-39-36-34-32-30-28-26-24-22-20-18-16-14-12-10-8-6-2/h13-16,19-22,43H,5-12,17-18,23-42H2,1-4H3,(H,47,51). The van der Waals surface area contributed by atoms with Crippen LogP contribution in [0.2, 0.25) is 0 Å². The van der Waals surface area contributed by atoms with Crippen LogP contribution in [0.15, 0.2) is 48.6 Å². The zero-order valence-corrected chi connectivity index (χ0v) is 35.3. The molecule has 0 aliphatic heterocycles. The molecule has 8 nitrogen and oxygen atoms in total. The van der Waals surface area contributed by atoms with Gasteiger partial charge in [-0.05, 0) is 91.1 Å². The molecular weight excluding hydrogens is 677 g/mol. The summed E-state index contributed by atoms with van der Waals surface area (Å²) in [5, 5.41) is 2.67. The third-order valence-electron chi connectivity index (χ3n) is 9.14. The molecule has 0 unspecified atom stereocenters. The molecule has 0 aliphatic carbocycles. The van der Waals surface area contributed by atoms with E-state index < -0.39 is 24.1 Å². The third kappa shape index (κ3) is 40.3. The number of amides is 1. The van der Waals surface area contributed by atoms with Crippen molar-refractivity contribution in [1.29, 1.82) is 0 Å². The van der Waals surface area contributed by atoms with Crippen molar-refractivity contribution in [2.45, 2.75) is 187 Å². The zero-order chi connectivity index (χ0) is 39.6. The summed E-state index contributed by atoms with van der Waals surface area (Å²) in [6, 6.07) is -0.747. The Hall–Kier alpha value is -2.87. The molecule has 0 bridgehead atoms. The number of alkyl carbamates (subject to hydrolysis) is 1. The van der Waals surface area contributed by atoms with E-state index in [1.807, 2.05) is 19.0 Å². The number of rotatable bonds is 38. The topological polar surface area (TPSA) is 94.2 Å². The van der Waals surface area contributed by atoms with E-state index in [2.05, 4.69) is 67.8 Å². The number of ether oxygens (including phenoxy) is 3. The van der Waals surface area contributed by atoms with E-state index in [4.69, 9.17) is 14.2 Å². The highest BCUT2D eigenvalue weighted by Gasteiger charge is 2.22. The van der Waals surface area contributed by atoms with Crippen molar-refractivity contribution in [1.82, 2.24) is 10.2 Å². The summed E-state index contributed by atoms with van der Waals surface area (Å²) in [6.45, 7) is 5.93. The second kappa shape index (κ2) is 41.3. The molecule has 0 aliphatic rings. The predicted molar refractivity (Wildman–Crippen MR) is 227 cm³/mol. The minimum absolute atomic E-state index is 0.106. The van der Waals surface area contributed by atoms with Crippen LogP contribution < -0.4 is 5.32 Å². The van der Waals surface area contributed by atoms with Crippen molar-refractivity contribution in [3.8, 4) is 0 Å². The molecule has 0 heterocycles. The summed E-state index contributed by atoms with van der Waals surface area (Å²) in [5.74, 6) is -0.872. The zero-order valence-electron chi connectivity index (χ0n) is 35.3. The fourth-order valence-electron chi connectivity index (χ4n) is 5.78. The lowest BCUT2D eigenvalue weighted by Crippen LogP contribution is -2.39. The van der Waals surface area contributed by atoms with Gasteiger partial charge in [0.2, 0.25) is 0 Å².